The van der Waals surface area contributed by atoms with E-state index < -0.39 is 0 Å². The van der Waals surface area contributed by atoms with Gasteiger partial charge in [-0.2, -0.15) is 30.1 Å². The van der Waals surface area contributed by atoms with Gasteiger partial charge < -0.3 is 48.8 Å². The number of likely N-dealkylation sites (N-methyl/N-ethyl adjacent to an activating group) is 2. The molecule has 2 aliphatic heterocycles. The summed E-state index contributed by atoms with van der Waals surface area (Å²) in [5, 5.41) is 18.2. The second-order valence-electron chi connectivity index (χ2n) is 18.5. The first-order valence-corrected chi connectivity index (χ1v) is 24.1. The zero-order valence-electron chi connectivity index (χ0n) is 41.8. The second kappa shape index (κ2) is 23.5. The number of aromatic nitrogens is 12. The van der Waals surface area contributed by atoms with Crippen molar-refractivity contribution in [2.75, 3.05) is 114 Å². The number of hydrogen-bond acceptors (Lipinski definition) is 16. The quantitative estimate of drug-likeness (QED) is 0.0968. The molecule has 10 rings (SSSR count). The summed E-state index contributed by atoms with van der Waals surface area (Å²) in [6.45, 7) is 16.3. The van der Waals surface area contributed by atoms with Crippen LogP contribution in [0, 0.1) is 0 Å². The zero-order valence-corrected chi connectivity index (χ0v) is 41.8. The summed E-state index contributed by atoms with van der Waals surface area (Å²) in [5.41, 5.74) is 7.47. The number of imidazole rings is 2. The van der Waals surface area contributed by atoms with Gasteiger partial charge in [0.25, 0.3) is 0 Å². The van der Waals surface area contributed by atoms with E-state index in [1.54, 1.807) is 12.4 Å². The van der Waals surface area contributed by atoms with Crippen LogP contribution in [-0.2, 0) is 15.9 Å². The third-order valence-electron chi connectivity index (χ3n) is 11.9. The zero-order chi connectivity index (χ0) is 49.0. The van der Waals surface area contributed by atoms with Gasteiger partial charge in [-0.25, -0.2) is 9.97 Å². The van der Waals surface area contributed by atoms with E-state index in [0.717, 1.165) is 79.4 Å². The number of rotatable bonds is 15. The molecule has 1 atom stereocenters. The lowest BCUT2D eigenvalue weighted by atomic mass is 10.1. The standard InChI is InChI=1S/C25H33N9O.C15H20N8O.C10H15N/c1-18(2)33-17-26-22-23(29-25(30-24(22)33)32-10-12-35-13-11-32)28-20-14-27-34(15-20)21(16-31(3)4)19-8-6-5-7-9-19;1-10(2)23-9-16-12-13(19-11-7-17-18-8-11)20-15(21-14(12)23)22-3-5-24-6-4-22;1-11(2)9-8-10-6-4-3-5-7-10/h5-9,14-15,17-18,21H,10-13,16H2,1-4H3,(H,28,29,30);7-10H,3-6H2,1-2H3,(H,17,18)(H,19,20,21);3-7H,8-9H2,1-2H3. The molecule has 0 bridgehead atoms. The lowest BCUT2D eigenvalue weighted by Gasteiger charge is -2.27. The van der Waals surface area contributed by atoms with Gasteiger partial charge in [0, 0.05) is 63.7 Å². The largest absolute Gasteiger partial charge is 0.378 e. The fourth-order valence-electron chi connectivity index (χ4n) is 8.08. The second-order valence-corrected chi connectivity index (χ2v) is 18.5. The van der Waals surface area contributed by atoms with Crippen LogP contribution in [0.15, 0.2) is 98.1 Å². The molecule has 2 saturated heterocycles. The number of H-pyrrole nitrogens is 1. The van der Waals surface area contributed by atoms with E-state index in [4.69, 9.17) is 34.5 Å². The van der Waals surface area contributed by atoms with Gasteiger partial charge in [0.2, 0.25) is 11.9 Å². The summed E-state index contributed by atoms with van der Waals surface area (Å²) in [6.07, 6.45) is 12.2. The van der Waals surface area contributed by atoms with Gasteiger partial charge >= 0.3 is 0 Å². The van der Waals surface area contributed by atoms with E-state index in [1.165, 1.54) is 11.1 Å². The van der Waals surface area contributed by atoms with Crippen LogP contribution >= 0.6 is 0 Å². The van der Waals surface area contributed by atoms with Crippen LogP contribution in [-0.4, -0.2) is 163 Å². The molecule has 0 aliphatic carbocycles. The average Bonchev–Trinajstić information content (AvgIpc) is 4.22. The van der Waals surface area contributed by atoms with Crippen molar-refractivity contribution in [1.82, 2.24) is 68.8 Å². The van der Waals surface area contributed by atoms with Crippen LogP contribution < -0.4 is 20.4 Å². The van der Waals surface area contributed by atoms with Crippen molar-refractivity contribution in [3.05, 3.63) is 109 Å². The molecule has 0 radical (unpaired) electrons. The summed E-state index contributed by atoms with van der Waals surface area (Å²) in [5.74, 6) is 2.74. The van der Waals surface area contributed by atoms with Gasteiger partial charge in [0.1, 0.15) is 0 Å². The molecular formula is C50H68N18O2. The number of hydrogen-bond donors (Lipinski definition) is 3. The van der Waals surface area contributed by atoms with E-state index in [1.807, 2.05) is 35.8 Å². The molecule has 6 aromatic heterocycles. The minimum atomic E-state index is 0.0937. The Hall–Kier alpha value is -7.00. The molecule has 8 heterocycles. The molecule has 370 valence electrons. The predicted molar refractivity (Wildman–Crippen MR) is 277 cm³/mol. The van der Waals surface area contributed by atoms with E-state index in [-0.39, 0.29) is 18.1 Å². The molecule has 0 spiro atoms. The number of ether oxygens (including phenoxy) is 2. The first kappa shape index (κ1) is 49.4. The summed E-state index contributed by atoms with van der Waals surface area (Å²) < 4.78 is 17.1. The maximum Gasteiger partial charge on any atom is 0.229 e. The van der Waals surface area contributed by atoms with Crippen molar-refractivity contribution in [2.24, 2.45) is 0 Å². The SMILES string of the molecule is CC(C)n1cnc2c(Nc3cn[nH]c3)nc(N3CCOCC3)nc21.CC(C)n1cnc2c(Nc3cnn(C(CN(C)C)c4ccccc4)c3)nc(N3CCOCC3)nc21.CN(C)CCc1ccccc1. The van der Waals surface area contributed by atoms with Gasteiger partial charge in [-0.15, -0.1) is 0 Å². The fraction of sp³-hybridized carbons (Fsp3) is 0.440. The molecule has 20 nitrogen and oxygen atoms in total. The van der Waals surface area contributed by atoms with Crippen LogP contribution in [0.4, 0.5) is 34.9 Å². The Morgan fingerprint density at radius 3 is 1.66 bits per heavy atom. The normalized spacial score (nSPS) is 14.6. The number of benzene rings is 2. The maximum atomic E-state index is 5.53. The molecule has 70 heavy (non-hydrogen) atoms. The summed E-state index contributed by atoms with van der Waals surface area (Å²) in [7, 11) is 8.36. The first-order valence-electron chi connectivity index (χ1n) is 24.1. The van der Waals surface area contributed by atoms with Gasteiger partial charge in [-0.05, 0) is 73.4 Å². The number of anilines is 6. The van der Waals surface area contributed by atoms with Crippen molar-refractivity contribution in [1.29, 1.82) is 0 Å². The van der Waals surface area contributed by atoms with Crippen LogP contribution in [0.1, 0.15) is 56.9 Å². The van der Waals surface area contributed by atoms with Crippen LogP contribution in [0.5, 0.6) is 0 Å². The Labute approximate surface area is 410 Å². The van der Waals surface area contributed by atoms with Crippen molar-refractivity contribution >= 4 is 57.2 Å². The summed E-state index contributed by atoms with van der Waals surface area (Å²) in [4.78, 5) is 37.1. The Kier molecular flexibility index (Phi) is 16.6. The topological polar surface area (TPSA) is 189 Å². The fourth-order valence-corrected chi connectivity index (χ4v) is 8.08. The molecular weight excluding hydrogens is 885 g/mol. The highest BCUT2D eigenvalue weighted by Gasteiger charge is 2.23. The molecule has 0 saturated carbocycles. The highest BCUT2D eigenvalue weighted by Crippen LogP contribution is 2.30. The monoisotopic (exact) mass is 953 g/mol. The Morgan fingerprint density at radius 2 is 1.17 bits per heavy atom. The van der Waals surface area contributed by atoms with Gasteiger partial charge in [0.05, 0.1) is 68.9 Å². The average molecular weight is 953 g/mol. The highest BCUT2D eigenvalue weighted by molar-refractivity contribution is 5.87. The third-order valence-corrected chi connectivity index (χ3v) is 11.9. The van der Waals surface area contributed by atoms with Gasteiger partial charge in [-0.1, -0.05) is 60.7 Å². The van der Waals surface area contributed by atoms with Crippen LogP contribution in [0.2, 0.25) is 0 Å². The molecule has 2 aromatic carbocycles. The molecule has 8 aromatic rings. The molecule has 3 N–H and O–H groups in total. The number of morpholine rings is 2. The molecule has 1 unspecified atom stereocenters. The lowest BCUT2D eigenvalue weighted by Crippen LogP contribution is -2.37. The number of nitrogens with one attached hydrogen (secondary N) is 3. The van der Waals surface area contributed by atoms with Gasteiger partial charge in [-0.3, -0.25) is 9.78 Å². The maximum absolute atomic E-state index is 5.53. The van der Waals surface area contributed by atoms with Crippen LogP contribution in [0.25, 0.3) is 22.3 Å². The number of aromatic amines is 1. The van der Waals surface area contributed by atoms with Crippen molar-refractivity contribution in [3.8, 4) is 0 Å². The minimum absolute atomic E-state index is 0.0937. The Bertz CT molecular complexity index is 2810. The number of fused-ring (bicyclic) bond motifs is 2. The Balaban J connectivity index is 0.000000162. The lowest BCUT2D eigenvalue weighted by molar-refractivity contribution is 0.122. The van der Waals surface area contributed by atoms with Crippen LogP contribution in [0.3, 0.4) is 0 Å². The highest BCUT2D eigenvalue weighted by atomic mass is 16.5. The van der Waals surface area contributed by atoms with E-state index in [0.29, 0.717) is 50.0 Å². The summed E-state index contributed by atoms with van der Waals surface area (Å²) >= 11 is 0. The van der Waals surface area contributed by atoms with E-state index >= 15 is 0 Å². The van der Waals surface area contributed by atoms with E-state index in [2.05, 4.69) is 170 Å². The van der Waals surface area contributed by atoms with Crippen molar-refractivity contribution < 1.29 is 9.47 Å². The summed E-state index contributed by atoms with van der Waals surface area (Å²) in [6, 6.07) is 21.6. The Morgan fingerprint density at radius 1 is 0.643 bits per heavy atom. The molecule has 2 fully saturated rings. The first-order chi connectivity index (χ1) is 34.0. The smallest absolute Gasteiger partial charge is 0.229 e. The molecule has 20 heteroatoms. The van der Waals surface area contributed by atoms with E-state index in [9.17, 15) is 0 Å². The predicted octanol–water partition coefficient (Wildman–Crippen LogP) is 6.84. The van der Waals surface area contributed by atoms with Crippen molar-refractivity contribution in [2.45, 2.75) is 52.2 Å². The molecule has 2 aliphatic rings. The number of nitrogens with zero attached hydrogens (tertiary/aromatic N) is 15. The molecule has 0 amide bonds. The van der Waals surface area contributed by atoms with Crippen molar-refractivity contribution in [3.63, 3.8) is 0 Å². The van der Waals surface area contributed by atoms with Gasteiger partial charge in [0.15, 0.2) is 34.0 Å². The third kappa shape index (κ3) is 12.6. The minimum Gasteiger partial charge on any atom is -0.378 e.